The van der Waals surface area contributed by atoms with E-state index in [1.165, 1.54) is 0 Å². The Labute approximate surface area is 292 Å². The lowest BCUT2D eigenvalue weighted by Crippen LogP contribution is -2.47. The Morgan fingerprint density at radius 1 is 1.04 bits per heavy atom. The molecule has 6 unspecified atom stereocenters. The van der Waals surface area contributed by atoms with Crippen LogP contribution in [0, 0.1) is 0 Å². The highest BCUT2D eigenvalue weighted by atomic mass is 33.1. The van der Waals surface area contributed by atoms with Crippen molar-refractivity contribution in [2.24, 2.45) is 16.5 Å². The summed E-state index contributed by atoms with van der Waals surface area (Å²) in [5.41, 5.74) is 14.9. The molecule has 49 heavy (non-hydrogen) atoms. The molecule has 0 radical (unpaired) electrons. The number of guanidine groups is 1. The molecule has 13 heteroatoms. The Morgan fingerprint density at radius 3 is 2.55 bits per heavy atom. The summed E-state index contributed by atoms with van der Waals surface area (Å²) in [6.07, 6.45) is 6.62. The van der Waals surface area contributed by atoms with Gasteiger partial charge in [0.2, 0.25) is 5.43 Å². The van der Waals surface area contributed by atoms with E-state index in [1.54, 1.807) is 33.7 Å². The number of rotatable bonds is 5. The van der Waals surface area contributed by atoms with Crippen molar-refractivity contribution >= 4 is 44.2 Å². The first kappa shape index (κ1) is 33.1. The fourth-order valence-corrected chi connectivity index (χ4v) is 11.3. The van der Waals surface area contributed by atoms with Gasteiger partial charge in [0.05, 0.1) is 23.4 Å². The van der Waals surface area contributed by atoms with Crippen LogP contribution < -0.4 is 31.8 Å². The van der Waals surface area contributed by atoms with Gasteiger partial charge < -0.3 is 35.6 Å². The van der Waals surface area contributed by atoms with Crippen molar-refractivity contribution in [3.05, 3.63) is 62.5 Å². The minimum absolute atomic E-state index is 0.0460. The van der Waals surface area contributed by atoms with Crippen LogP contribution in [0.5, 0.6) is 11.5 Å². The van der Waals surface area contributed by atoms with Crippen molar-refractivity contribution in [2.75, 3.05) is 11.2 Å². The van der Waals surface area contributed by atoms with Crippen molar-refractivity contribution in [1.29, 1.82) is 0 Å². The highest BCUT2D eigenvalue weighted by Gasteiger charge is 2.52. The van der Waals surface area contributed by atoms with E-state index in [4.69, 9.17) is 25.4 Å². The maximum atomic E-state index is 15.4. The third-order valence-corrected chi connectivity index (χ3v) is 13.7. The van der Waals surface area contributed by atoms with Crippen LogP contribution in [0.25, 0.3) is 11.0 Å². The van der Waals surface area contributed by atoms with Crippen LogP contribution in [-0.4, -0.2) is 51.0 Å². The number of aliphatic hydroxyl groups is 2. The molecule has 2 fully saturated rings. The summed E-state index contributed by atoms with van der Waals surface area (Å²) >= 11 is 0. The molecule has 3 aromatic rings. The van der Waals surface area contributed by atoms with Gasteiger partial charge in [-0.1, -0.05) is 33.7 Å². The number of fused-ring (bicyclic) bond motifs is 4. The van der Waals surface area contributed by atoms with Crippen molar-refractivity contribution in [3.63, 3.8) is 0 Å². The summed E-state index contributed by atoms with van der Waals surface area (Å²) in [5, 5.41) is 34.0. The van der Waals surface area contributed by atoms with Gasteiger partial charge in [-0.25, -0.2) is 4.99 Å². The van der Waals surface area contributed by atoms with Crippen LogP contribution in [0.3, 0.4) is 0 Å². The molecule has 5 aliphatic rings. The lowest BCUT2D eigenvalue weighted by Gasteiger charge is -2.38. The molecule has 8 rings (SSSR count). The smallest absolute Gasteiger partial charge is 0.200 e. The number of hydrogen-bond acceptors (Lipinski definition) is 11. The minimum Gasteiger partial charge on any atom is -0.489 e. The van der Waals surface area contributed by atoms with Gasteiger partial charge in [-0.05, 0) is 82.4 Å². The predicted molar refractivity (Wildman–Crippen MR) is 192 cm³/mol. The molecule has 0 saturated heterocycles. The van der Waals surface area contributed by atoms with Crippen molar-refractivity contribution < 1.29 is 29.3 Å². The van der Waals surface area contributed by atoms with Crippen molar-refractivity contribution in [1.82, 2.24) is 0 Å². The van der Waals surface area contributed by atoms with E-state index >= 15 is 4.79 Å². The van der Waals surface area contributed by atoms with Crippen LogP contribution in [0.2, 0.25) is 0 Å². The zero-order valence-electron chi connectivity index (χ0n) is 27.6. The van der Waals surface area contributed by atoms with E-state index < -0.39 is 23.3 Å². The zero-order chi connectivity index (χ0) is 34.1. The number of nitrogens with one attached hydrogen (secondary N) is 1. The van der Waals surface area contributed by atoms with E-state index in [0.717, 1.165) is 55.2 Å². The molecule has 3 aliphatic carbocycles. The fourth-order valence-electron chi connectivity index (χ4n) is 9.00. The SMILES string of the molecule is CC1(O)CCCC2c3c(c4c5oc6c(c(=O)c5c3OC3CCCC3)C(c3ccc(NO)cc3)CCC6(O)CC(N=C(N)N)CSSC4)OC21. The van der Waals surface area contributed by atoms with Gasteiger partial charge in [0.1, 0.15) is 39.9 Å². The third kappa shape index (κ3) is 5.65. The van der Waals surface area contributed by atoms with Gasteiger partial charge in [-0.3, -0.25) is 15.5 Å². The van der Waals surface area contributed by atoms with E-state index in [-0.39, 0.29) is 41.5 Å². The predicted octanol–water partition coefficient (Wildman–Crippen LogP) is 5.74. The van der Waals surface area contributed by atoms with Crippen LogP contribution in [-0.2, 0) is 11.4 Å². The zero-order valence-corrected chi connectivity index (χ0v) is 29.2. The first-order valence-electron chi connectivity index (χ1n) is 17.4. The van der Waals surface area contributed by atoms with Crippen molar-refractivity contribution in [2.45, 2.75) is 118 Å². The summed E-state index contributed by atoms with van der Waals surface area (Å²) in [7, 11) is 3.20. The molecule has 0 spiro atoms. The number of nitrogens with zero attached hydrogens (tertiary/aromatic N) is 1. The quantitative estimate of drug-likeness (QED) is 0.0819. The Hall–Kier alpha value is -3.10. The second kappa shape index (κ2) is 12.6. The number of hydrogen-bond donors (Lipinski definition) is 6. The first-order chi connectivity index (χ1) is 23.6. The first-order valence-corrected chi connectivity index (χ1v) is 19.9. The lowest BCUT2D eigenvalue weighted by atomic mass is 9.71. The molecule has 2 aromatic carbocycles. The summed E-state index contributed by atoms with van der Waals surface area (Å²) in [6, 6.07) is 6.87. The molecular formula is C36H44N4O7S2. The maximum Gasteiger partial charge on any atom is 0.200 e. The van der Waals surface area contributed by atoms with Gasteiger partial charge in [0.15, 0.2) is 5.96 Å². The topological polar surface area (TPSA) is 186 Å². The van der Waals surface area contributed by atoms with E-state index in [9.17, 15) is 15.4 Å². The van der Waals surface area contributed by atoms with Crippen LogP contribution in [0.1, 0.15) is 111 Å². The van der Waals surface area contributed by atoms with Gasteiger partial charge in [0, 0.05) is 46.5 Å². The molecule has 2 bridgehead atoms. The Balaban J connectivity index is 1.43. The number of nitrogens with two attached hydrogens (primary N) is 2. The molecule has 0 amide bonds. The van der Waals surface area contributed by atoms with E-state index in [0.29, 0.717) is 64.5 Å². The summed E-state index contributed by atoms with van der Waals surface area (Å²) in [6.45, 7) is 1.84. The van der Waals surface area contributed by atoms with Crippen LogP contribution in [0.4, 0.5) is 5.69 Å². The average Bonchev–Trinajstić information content (AvgIpc) is 3.72. The van der Waals surface area contributed by atoms with Crippen LogP contribution >= 0.6 is 21.6 Å². The Morgan fingerprint density at radius 2 is 1.82 bits per heavy atom. The maximum absolute atomic E-state index is 15.4. The standard InChI is InChI=1S/C36H44N4O7S2/c1-35(42)13-4-7-23-26-29(46-32(23)35)24-17-49-48-16-20(39-34(37)38)15-36(43)14-12-22(18-8-10-19(40-44)11-9-18)25-28(41)27(30(24)47-33(25)36)31(26)45-21-5-2-3-6-21/h8-11,20-23,32,40,42-44H,2-7,12-17H2,1H3,(H4,37,38,39). The molecule has 2 aliphatic heterocycles. The molecule has 11 nitrogen and oxygen atoms in total. The summed E-state index contributed by atoms with van der Waals surface area (Å²) in [5.74, 6) is 1.80. The second-order valence-electron chi connectivity index (χ2n) is 14.7. The minimum atomic E-state index is -1.52. The third-order valence-electron chi connectivity index (χ3n) is 11.3. The highest BCUT2D eigenvalue weighted by Crippen LogP contribution is 2.58. The van der Waals surface area contributed by atoms with Gasteiger partial charge >= 0.3 is 0 Å². The second-order valence-corrected chi connectivity index (χ2v) is 17.2. The van der Waals surface area contributed by atoms with Crippen molar-refractivity contribution in [3.8, 4) is 11.5 Å². The summed E-state index contributed by atoms with van der Waals surface area (Å²) < 4.78 is 20.7. The highest BCUT2D eigenvalue weighted by molar-refractivity contribution is 8.76. The molecule has 1 aromatic heterocycles. The van der Waals surface area contributed by atoms with Gasteiger partial charge in [0.25, 0.3) is 0 Å². The van der Waals surface area contributed by atoms with Gasteiger partial charge in [-0.15, -0.1) is 0 Å². The monoisotopic (exact) mass is 708 g/mol. The molecular weight excluding hydrogens is 665 g/mol. The molecule has 3 heterocycles. The van der Waals surface area contributed by atoms with Crippen LogP contribution in [0.15, 0.2) is 38.5 Å². The number of benzene rings is 2. The van der Waals surface area contributed by atoms with E-state index in [2.05, 4.69) is 10.5 Å². The number of ether oxygens (including phenoxy) is 2. The number of anilines is 1. The normalized spacial score (nSPS) is 31.0. The lowest BCUT2D eigenvalue weighted by molar-refractivity contribution is -0.0727. The fraction of sp³-hybridized carbons (Fsp3) is 0.556. The molecule has 262 valence electrons. The average molecular weight is 709 g/mol. The van der Waals surface area contributed by atoms with E-state index in [1.807, 2.05) is 19.1 Å². The summed E-state index contributed by atoms with van der Waals surface area (Å²) in [4.78, 5) is 19.9. The van der Waals surface area contributed by atoms with Gasteiger partial charge in [-0.2, -0.15) is 0 Å². The molecule has 8 N–H and O–H groups in total. The Bertz CT molecular complexity index is 1860. The Kier molecular flexibility index (Phi) is 8.50. The number of aliphatic imine (C=N–C) groups is 1. The molecule has 6 atom stereocenters. The largest absolute Gasteiger partial charge is 0.489 e. The molecule has 2 saturated carbocycles.